The number of benzene rings is 2. The highest BCUT2D eigenvalue weighted by Crippen LogP contribution is 2.42. The fourth-order valence-electron chi connectivity index (χ4n) is 4.23. The van der Waals surface area contributed by atoms with Crippen molar-refractivity contribution in [3.8, 4) is 17.6 Å². The van der Waals surface area contributed by atoms with E-state index < -0.39 is 0 Å². The first-order valence-electron chi connectivity index (χ1n) is 10.6. The summed E-state index contributed by atoms with van der Waals surface area (Å²) in [7, 11) is 3.29. The lowest BCUT2D eigenvalue weighted by Gasteiger charge is -2.37. The number of methoxy groups -OCH3 is 2. The lowest BCUT2D eigenvalue weighted by atomic mass is 10.1. The Balaban J connectivity index is 1.49. The summed E-state index contributed by atoms with van der Waals surface area (Å²) in [6.45, 7) is 3.31. The second-order valence-electron chi connectivity index (χ2n) is 8.01. The van der Waals surface area contributed by atoms with Crippen molar-refractivity contribution in [3.05, 3.63) is 47.8 Å². The lowest BCUT2D eigenvalue weighted by Crippen LogP contribution is -2.47. The number of aromatic nitrogens is 2. The van der Waals surface area contributed by atoms with Gasteiger partial charge in [0.15, 0.2) is 11.5 Å². The van der Waals surface area contributed by atoms with Crippen LogP contribution in [-0.2, 0) is 0 Å². The van der Waals surface area contributed by atoms with E-state index in [9.17, 15) is 5.26 Å². The average Bonchev–Trinajstić information content (AvgIpc) is 3.68. The molecule has 1 saturated heterocycles. The molecule has 0 radical (unpaired) electrons. The third-order valence-corrected chi connectivity index (χ3v) is 6.09. The molecule has 1 aliphatic carbocycles. The monoisotopic (exact) mass is 415 g/mol. The second kappa shape index (κ2) is 7.95. The van der Waals surface area contributed by atoms with Crippen LogP contribution >= 0.6 is 0 Å². The maximum absolute atomic E-state index is 9.45. The van der Waals surface area contributed by atoms with Crippen molar-refractivity contribution < 1.29 is 9.47 Å². The van der Waals surface area contributed by atoms with Crippen LogP contribution in [0.25, 0.3) is 10.9 Å². The molecule has 7 nitrogen and oxygen atoms in total. The molecule has 7 heteroatoms. The summed E-state index contributed by atoms with van der Waals surface area (Å²) in [6.07, 6.45) is 2.30. The van der Waals surface area contributed by atoms with E-state index in [0.29, 0.717) is 17.4 Å². The molecule has 2 heterocycles. The van der Waals surface area contributed by atoms with E-state index in [0.717, 1.165) is 72.8 Å². The predicted molar refractivity (Wildman–Crippen MR) is 120 cm³/mol. The molecule has 0 spiro atoms. The van der Waals surface area contributed by atoms with Crippen molar-refractivity contribution in [3.63, 3.8) is 0 Å². The van der Waals surface area contributed by atoms with Crippen molar-refractivity contribution in [1.82, 2.24) is 9.97 Å². The van der Waals surface area contributed by atoms with Crippen LogP contribution in [0.15, 0.2) is 36.4 Å². The molecule has 1 saturated carbocycles. The highest BCUT2D eigenvalue weighted by atomic mass is 16.5. The second-order valence-corrected chi connectivity index (χ2v) is 8.01. The van der Waals surface area contributed by atoms with Gasteiger partial charge in [0.2, 0.25) is 0 Å². The van der Waals surface area contributed by atoms with Crippen LogP contribution in [0.4, 0.5) is 11.5 Å². The highest BCUT2D eigenvalue weighted by Gasteiger charge is 2.30. The number of nitrogens with zero attached hydrogens (tertiary/aromatic N) is 5. The van der Waals surface area contributed by atoms with E-state index in [4.69, 9.17) is 19.4 Å². The number of piperazine rings is 1. The van der Waals surface area contributed by atoms with Gasteiger partial charge in [-0.25, -0.2) is 9.97 Å². The third-order valence-electron chi connectivity index (χ3n) is 6.09. The van der Waals surface area contributed by atoms with Gasteiger partial charge < -0.3 is 19.3 Å². The van der Waals surface area contributed by atoms with Crippen LogP contribution in [0, 0.1) is 11.3 Å². The average molecular weight is 415 g/mol. The summed E-state index contributed by atoms with van der Waals surface area (Å²) < 4.78 is 11.0. The number of ether oxygens (including phenoxy) is 2. The Morgan fingerprint density at radius 3 is 2.29 bits per heavy atom. The fraction of sp³-hybridized carbons (Fsp3) is 0.375. The van der Waals surface area contributed by atoms with Crippen molar-refractivity contribution in [2.75, 3.05) is 50.2 Å². The summed E-state index contributed by atoms with van der Waals surface area (Å²) in [5.74, 6) is 3.70. The molecular formula is C24H25N5O2. The normalized spacial score (nSPS) is 16.3. The van der Waals surface area contributed by atoms with Crippen molar-refractivity contribution in [1.29, 1.82) is 5.26 Å². The molecule has 1 aliphatic heterocycles. The van der Waals surface area contributed by atoms with E-state index in [1.807, 2.05) is 36.4 Å². The van der Waals surface area contributed by atoms with E-state index in [-0.39, 0.29) is 0 Å². The number of hydrogen-bond donors (Lipinski definition) is 0. The Labute approximate surface area is 181 Å². The fourth-order valence-corrected chi connectivity index (χ4v) is 4.23. The molecule has 5 rings (SSSR count). The minimum Gasteiger partial charge on any atom is -0.493 e. The first-order valence-corrected chi connectivity index (χ1v) is 10.6. The molecule has 3 aromatic rings. The highest BCUT2D eigenvalue weighted by molar-refractivity contribution is 5.92. The molecule has 158 valence electrons. The molecule has 2 aromatic carbocycles. The van der Waals surface area contributed by atoms with Gasteiger partial charge in [0, 0.05) is 43.5 Å². The molecular weight excluding hydrogens is 390 g/mol. The third kappa shape index (κ3) is 3.59. The number of rotatable bonds is 5. The molecule has 1 aromatic heterocycles. The molecule has 0 atom stereocenters. The van der Waals surface area contributed by atoms with Crippen LogP contribution in [0.1, 0.15) is 30.1 Å². The standard InChI is InChI=1S/C24H25N5O2/c1-30-21-13-18-19(14-22(21)31-2)26-23(16-7-8-16)27-24(18)29-11-9-28(10-12-29)20-6-4-3-5-17(20)15-25/h3-6,13-14,16H,7-12H2,1-2H3. The molecule has 0 N–H and O–H groups in total. The SMILES string of the molecule is COc1cc2nc(C3CC3)nc(N3CCN(c4ccccc4C#N)CC3)c2cc1OC. The van der Waals surface area contributed by atoms with Gasteiger partial charge in [-0.15, -0.1) is 0 Å². The molecule has 0 amide bonds. The smallest absolute Gasteiger partial charge is 0.162 e. The molecule has 2 fully saturated rings. The molecule has 0 unspecified atom stereocenters. The van der Waals surface area contributed by atoms with E-state index in [1.54, 1.807) is 14.2 Å². The zero-order valence-corrected chi connectivity index (χ0v) is 17.8. The number of para-hydroxylation sites is 1. The van der Waals surface area contributed by atoms with Gasteiger partial charge in [0.05, 0.1) is 31.0 Å². The largest absolute Gasteiger partial charge is 0.493 e. The van der Waals surface area contributed by atoms with Crippen LogP contribution in [0.2, 0.25) is 0 Å². The van der Waals surface area contributed by atoms with Gasteiger partial charge in [-0.05, 0) is 31.0 Å². The van der Waals surface area contributed by atoms with Gasteiger partial charge >= 0.3 is 0 Å². The quantitative estimate of drug-likeness (QED) is 0.629. The van der Waals surface area contributed by atoms with Crippen molar-refractivity contribution >= 4 is 22.4 Å². The summed E-state index contributed by atoms with van der Waals surface area (Å²) in [6, 6.07) is 14.0. The zero-order valence-electron chi connectivity index (χ0n) is 17.8. The van der Waals surface area contributed by atoms with E-state index >= 15 is 0 Å². The zero-order chi connectivity index (χ0) is 21.4. The van der Waals surface area contributed by atoms with E-state index in [2.05, 4.69) is 15.9 Å². The Morgan fingerprint density at radius 2 is 1.61 bits per heavy atom. The summed E-state index contributed by atoms with van der Waals surface area (Å²) in [5.41, 5.74) is 2.61. The Bertz CT molecular complexity index is 1160. The van der Waals surface area contributed by atoms with Crippen molar-refractivity contribution in [2.24, 2.45) is 0 Å². The number of hydrogen-bond acceptors (Lipinski definition) is 7. The maximum atomic E-state index is 9.45. The maximum Gasteiger partial charge on any atom is 0.162 e. The Hall–Kier alpha value is -3.53. The van der Waals surface area contributed by atoms with Gasteiger partial charge in [-0.2, -0.15) is 5.26 Å². The Kier molecular flexibility index (Phi) is 4.99. The van der Waals surface area contributed by atoms with Gasteiger partial charge in [0.25, 0.3) is 0 Å². The first-order chi connectivity index (χ1) is 15.2. The number of anilines is 2. The van der Waals surface area contributed by atoms with E-state index in [1.165, 1.54) is 0 Å². The summed E-state index contributed by atoms with van der Waals surface area (Å²) >= 11 is 0. The van der Waals surface area contributed by atoms with Crippen LogP contribution in [0.3, 0.4) is 0 Å². The van der Waals surface area contributed by atoms with Gasteiger partial charge in [0.1, 0.15) is 17.7 Å². The van der Waals surface area contributed by atoms with Gasteiger partial charge in [-0.3, -0.25) is 0 Å². The molecule has 0 bridgehead atoms. The van der Waals surface area contributed by atoms with Gasteiger partial charge in [-0.1, -0.05) is 12.1 Å². The first kappa shape index (κ1) is 19.4. The van der Waals surface area contributed by atoms with Crippen LogP contribution in [0.5, 0.6) is 11.5 Å². The molecule has 2 aliphatic rings. The number of fused-ring (bicyclic) bond motifs is 1. The lowest BCUT2D eigenvalue weighted by molar-refractivity contribution is 0.355. The Morgan fingerprint density at radius 1 is 0.935 bits per heavy atom. The minimum atomic E-state index is 0.458. The van der Waals surface area contributed by atoms with Crippen LogP contribution < -0.4 is 19.3 Å². The predicted octanol–water partition coefficient (Wildman–Crippen LogP) is 3.72. The number of nitriles is 1. The minimum absolute atomic E-state index is 0.458. The summed E-state index contributed by atoms with van der Waals surface area (Å²) in [5, 5.41) is 10.4. The molecule has 31 heavy (non-hydrogen) atoms. The van der Waals surface area contributed by atoms with Crippen molar-refractivity contribution in [2.45, 2.75) is 18.8 Å². The summed E-state index contributed by atoms with van der Waals surface area (Å²) in [4.78, 5) is 14.4. The van der Waals surface area contributed by atoms with Crippen LogP contribution in [-0.4, -0.2) is 50.4 Å². The topological polar surface area (TPSA) is 74.5 Å².